The number of nitrogens with zero attached hydrogens (tertiary/aromatic N) is 1. The number of ether oxygens (including phenoxy) is 2. The predicted octanol–water partition coefficient (Wildman–Crippen LogP) is 5.21. The number of carbonyl (C=O) groups is 1. The van der Waals surface area contributed by atoms with E-state index in [0.717, 1.165) is 11.3 Å². The average Bonchev–Trinajstić information content (AvgIpc) is 3.62. The number of rotatable bonds is 9. The van der Waals surface area contributed by atoms with Crippen LogP contribution >= 0.6 is 0 Å². The molecule has 2 aromatic rings. The summed E-state index contributed by atoms with van der Waals surface area (Å²) in [4.78, 5) is 17.9. The van der Waals surface area contributed by atoms with Crippen molar-refractivity contribution < 1.29 is 19.1 Å². The molecule has 2 aliphatic rings. The molecule has 0 saturated heterocycles. The third kappa shape index (κ3) is 4.97. The van der Waals surface area contributed by atoms with E-state index in [2.05, 4.69) is 19.0 Å². The Labute approximate surface area is 171 Å². The van der Waals surface area contributed by atoms with Gasteiger partial charge in [0.25, 0.3) is 0 Å². The Morgan fingerprint density at radius 2 is 1.86 bits per heavy atom. The second kappa shape index (κ2) is 8.27. The number of para-hydroxylation sites is 1. The summed E-state index contributed by atoms with van der Waals surface area (Å²) < 4.78 is 11.4. The minimum Gasteiger partial charge on any atom is -0.461 e. The van der Waals surface area contributed by atoms with Crippen LogP contribution in [-0.2, 0) is 21.0 Å². The van der Waals surface area contributed by atoms with Gasteiger partial charge in [0.05, 0.1) is 5.92 Å². The molecule has 2 fully saturated rings. The number of hydrogen-bond acceptors (Lipinski definition) is 5. The number of carbonyl (C=O) groups excluding carboxylic acids is 1. The van der Waals surface area contributed by atoms with Crippen molar-refractivity contribution in [3.63, 3.8) is 0 Å². The minimum absolute atomic E-state index is 0.0574. The first-order valence-corrected chi connectivity index (χ1v) is 10.2. The molecule has 4 rings (SSSR count). The standard InChI is InChI=1S/C24H27NO4/c1-24(2)21(14-25-28-16-17-11-12-17)22(24)23(26)27-15-18-7-6-10-20(13-18)29-19-8-4-3-5-9-19/h3-10,13-14,17,21-22H,11-12,15-16H2,1-2H3/t21-,22+/m1/s1. The number of benzene rings is 2. The van der Waals surface area contributed by atoms with Crippen molar-refractivity contribution in [2.75, 3.05) is 6.61 Å². The lowest BCUT2D eigenvalue weighted by Crippen LogP contribution is -2.10. The Kier molecular flexibility index (Phi) is 5.56. The smallest absolute Gasteiger partial charge is 0.310 e. The quantitative estimate of drug-likeness (QED) is 0.333. The minimum atomic E-state index is -0.192. The van der Waals surface area contributed by atoms with Gasteiger partial charge in [-0.1, -0.05) is 49.3 Å². The van der Waals surface area contributed by atoms with Crippen molar-refractivity contribution in [3.8, 4) is 11.5 Å². The molecule has 5 heteroatoms. The SMILES string of the molecule is CC1(C)[C@H](C=NOCC2CC2)[C@H]1C(=O)OCc1cccc(Oc2ccccc2)c1. The Morgan fingerprint density at radius 3 is 2.62 bits per heavy atom. The van der Waals surface area contributed by atoms with Gasteiger partial charge in [0.2, 0.25) is 0 Å². The number of esters is 1. The molecule has 0 unspecified atom stereocenters. The van der Waals surface area contributed by atoms with Crippen molar-refractivity contribution in [2.24, 2.45) is 28.3 Å². The highest BCUT2D eigenvalue weighted by Gasteiger charge is 2.62. The third-order valence-electron chi connectivity index (χ3n) is 5.73. The van der Waals surface area contributed by atoms with Gasteiger partial charge in [-0.2, -0.15) is 0 Å². The predicted molar refractivity (Wildman–Crippen MR) is 111 cm³/mol. The average molecular weight is 393 g/mol. The van der Waals surface area contributed by atoms with Crippen molar-refractivity contribution in [2.45, 2.75) is 33.3 Å². The topological polar surface area (TPSA) is 57.1 Å². The summed E-state index contributed by atoms with van der Waals surface area (Å²) in [5.41, 5.74) is 0.741. The first kappa shape index (κ1) is 19.5. The van der Waals surface area contributed by atoms with E-state index >= 15 is 0 Å². The first-order chi connectivity index (χ1) is 14.0. The molecule has 2 aliphatic carbocycles. The van der Waals surface area contributed by atoms with Crippen LogP contribution in [0.15, 0.2) is 59.8 Å². The van der Waals surface area contributed by atoms with Gasteiger partial charge < -0.3 is 14.3 Å². The van der Waals surface area contributed by atoms with Crippen molar-refractivity contribution in [3.05, 3.63) is 60.2 Å². The second-order valence-electron chi connectivity index (χ2n) is 8.49. The fraction of sp³-hybridized carbons (Fsp3) is 0.417. The zero-order chi connectivity index (χ0) is 20.3. The van der Waals surface area contributed by atoms with E-state index in [1.807, 2.05) is 54.6 Å². The molecular weight excluding hydrogens is 366 g/mol. The fourth-order valence-electron chi connectivity index (χ4n) is 3.52. The Balaban J connectivity index is 1.28. The van der Waals surface area contributed by atoms with Crippen LogP contribution in [0.4, 0.5) is 0 Å². The zero-order valence-corrected chi connectivity index (χ0v) is 16.9. The normalized spacial score (nSPS) is 22.3. The highest BCUT2D eigenvalue weighted by molar-refractivity contribution is 5.85. The van der Waals surface area contributed by atoms with Gasteiger partial charge in [0.15, 0.2) is 0 Å². The summed E-state index contributed by atoms with van der Waals surface area (Å²) in [5, 5.41) is 4.06. The van der Waals surface area contributed by atoms with E-state index in [9.17, 15) is 4.79 Å². The van der Waals surface area contributed by atoms with E-state index in [4.69, 9.17) is 14.3 Å². The fourth-order valence-corrected chi connectivity index (χ4v) is 3.52. The molecule has 29 heavy (non-hydrogen) atoms. The van der Waals surface area contributed by atoms with Crippen LogP contribution in [-0.4, -0.2) is 18.8 Å². The van der Waals surface area contributed by atoms with Crippen LogP contribution in [0.2, 0.25) is 0 Å². The van der Waals surface area contributed by atoms with Crippen LogP contribution in [0.3, 0.4) is 0 Å². The Morgan fingerprint density at radius 1 is 1.10 bits per heavy atom. The van der Waals surface area contributed by atoms with Gasteiger partial charge in [-0.25, -0.2) is 0 Å². The molecule has 0 N–H and O–H groups in total. The molecule has 2 saturated carbocycles. The van der Waals surface area contributed by atoms with Crippen LogP contribution in [0.25, 0.3) is 0 Å². The van der Waals surface area contributed by atoms with E-state index in [1.165, 1.54) is 12.8 Å². The Bertz CT molecular complexity index is 873. The summed E-state index contributed by atoms with van der Waals surface area (Å²) in [5.74, 6) is 1.84. The lowest BCUT2D eigenvalue weighted by atomic mass is 10.1. The van der Waals surface area contributed by atoms with Crippen LogP contribution in [0, 0.1) is 23.2 Å². The van der Waals surface area contributed by atoms with E-state index in [0.29, 0.717) is 18.3 Å². The van der Waals surface area contributed by atoms with Crippen LogP contribution in [0.5, 0.6) is 11.5 Å². The highest BCUT2D eigenvalue weighted by atomic mass is 16.6. The number of hydrogen-bond donors (Lipinski definition) is 0. The maximum absolute atomic E-state index is 12.6. The molecule has 0 amide bonds. The summed E-state index contributed by atoms with van der Waals surface area (Å²) in [7, 11) is 0. The van der Waals surface area contributed by atoms with Crippen LogP contribution < -0.4 is 4.74 Å². The lowest BCUT2D eigenvalue weighted by molar-refractivity contribution is -0.147. The van der Waals surface area contributed by atoms with Gasteiger partial charge in [0, 0.05) is 12.1 Å². The van der Waals surface area contributed by atoms with E-state index in [1.54, 1.807) is 6.21 Å². The molecule has 2 aromatic carbocycles. The monoisotopic (exact) mass is 393 g/mol. The molecule has 0 aliphatic heterocycles. The van der Waals surface area contributed by atoms with Crippen LogP contribution in [0.1, 0.15) is 32.3 Å². The third-order valence-corrected chi connectivity index (χ3v) is 5.73. The molecule has 2 atom stereocenters. The van der Waals surface area contributed by atoms with Crippen molar-refractivity contribution >= 4 is 12.2 Å². The molecule has 5 nitrogen and oxygen atoms in total. The van der Waals surface area contributed by atoms with Gasteiger partial charge in [-0.3, -0.25) is 4.79 Å². The van der Waals surface area contributed by atoms with Crippen molar-refractivity contribution in [1.82, 2.24) is 0 Å². The Hall–Kier alpha value is -2.82. The highest BCUT2D eigenvalue weighted by Crippen LogP contribution is 2.57. The van der Waals surface area contributed by atoms with Crippen molar-refractivity contribution in [1.29, 1.82) is 0 Å². The summed E-state index contributed by atoms with van der Waals surface area (Å²) in [6.07, 6.45) is 4.23. The number of oxime groups is 1. The van der Waals surface area contributed by atoms with Gasteiger partial charge in [-0.15, -0.1) is 0 Å². The van der Waals surface area contributed by atoms with Gasteiger partial charge in [-0.05, 0) is 54.0 Å². The van der Waals surface area contributed by atoms with Gasteiger partial charge >= 0.3 is 5.97 Å². The molecule has 0 bridgehead atoms. The molecule has 0 aromatic heterocycles. The molecule has 152 valence electrons. The summed E-state index contributed by atoms with van der Waals surface area (Å²) in [6, 6.07) is 17.2. The summed E-state index contributed by atoms with van der Waals surface area (Å²) in [6.45, 7) is 5.02. The maximum atomic E-state index is 12.6. The zero-order valence-electron chi connectivity index (χ0n) is 16.9. The molecule has 0 radical (unpaired) electrons. The molecule has 0 heterocycles. The maximum Gasteiger partial charge on any atom is 0.310 e. The lowest BCUT2D eigenvalue weighted by Gasteiger charge is -2.09. The largest absolute Gasteiger partial charge is 0.461 e. The molecular formula is C24H27NO4. The van der Waals surface area contributed by atoms with Gasteiger partial charge in [0.1, 0.15) is 24.7 Å². The van der Waals surface area contributed by atoms with E-state index in [-0.39, 0.29) is 29.8 Å². The first-order valence-electron chi connectivity index (χ1n) is 10.2. The second-order valence-corrected chi connectivity index (χ2v) is 8.49. The molecule has 0 spiro atoms. The van der Waals surface area contributed by atoms with E-state index < -0.39 is 0 Å². The summed E-state index contributed by atoms with van der Waals surface area (Å²) >= 11 is 0.